The molecule has 3 aromatic carbocycles. The van der Waals surface area contributed by atoms with Crippen LogP contribution in [0.2, 0.25) is 0 Å². The number of amides is 1. The summed E-state index contributed by atoms with van der Waals surface area (Å²) in [5.41, 5.74) is 8.54. The van der Waals surface area contributed by atoms with Gasteiger partial charge in [-0.1, -0.05) is 48.2 Å². The van der Waals surface area contributed by atoms with E-state index in [2.05, 4.69) is 47.2 Å². The molecule has 35 heavy (non-hydrogen) atoms. The minimum absolute atomic E-state index is 0.0172. The van der Waals surface area contributed by atoms with E-state index in [0.717, 1.165) is 46.4 Å². The number of rotatable bonds is 4. The second-order valence-corrected chi connectivity index (χ2v) is 9.71. The fraction of sp³-hybridized carbons (Fsp3) is 0.179. The molecule has 1 aliphatic heterocycles. The molecular formula is C28H24N4O2S. The van der Waals surface area contributed by atoms with E-state index in [1.165, 1.54) is 28.5 Å². The zero-order valence-corrected chi connectivity index (χ0v) is 20.4. The first-order valence-electron chi connectivity index (χ1n) is 11.6. The van der Waals surface area contributed by atoms with E-state index in [-0.39, 0.29) is 11.7 Å². The van der Waals surface area contributed by atoms with Crippen LogP contribution in [0.1, 0.15) is 22.4 Å². The molecule has 5 aromatic rings. The van der Waals surface area contributed by atoms with Crippen molar-refractivity contribution in [2.45, 2.75) is 31.9 Å². The Kier molecular flexibility index (Phi) is 5.41. The molecule has 174 valence electrons. The number of nitrogens with zero attached hydrogens (tertiary/aromatic N) is 3. The van der Waals surface area contributed by atoms with Crippen LogP contribution in [-0.4, -0.2) is 26.8 Å². The lowest BCUT2D eigenvalue weighted by atomic mass is 10.0. The Morgan fingerprint density at radius 3 is 2.37 bits per heavy atom. The summed E-state index contributed by atoms with van der Waals surface area (Å²) >= 11 is 1.27. The summed E-state index contributed by atoms with van der Waals surface area (Å²) in [6, 6.07) is 22.3. The van der Waals surface area contributed by atoms with E-state index >= 15 is 0 Å². The number of carbonyl (C=O) groups is 1. The van der Waals surface area contributed by atoms with Crippen molar-refractivity contribution in [1.82, 2.24) is 15.2 Å². The molecule has 2 aromatic heterocycles. The van der Waals surface area contributed by atoms with Gasteiger partial charge in [0.15, 0.2) is 0 Å². The van der Waals surface area contributed by atoms with Gasteiger partial charge in [0.2, 0.25) is 11.8 Å². The van der Waals surface area contributed by atoms with Crippen LogP contribution in [0.5, 0.6) is 0 Å². The average Bonchev–Trinajstić information content (AvgIpc) is 3.42. The van der Waals surface area contributed by atoms with Crippen molar-refractivity contribution in [1.29, 1.82) is 0 Å². The van der Waals surface area contributed by atoms with Crippen molar-refractivity contribution in [3.63, 3.8) is 0 Å². The Hall–Kier alpha value is -3.84. The maximum absolute atomic E-state index is 13.5. The van der Waals surface area contributed by atoms with Gasteiger partial charge in [0.05, 0.1) is 17.1 Å². The van der Waals surface area contributed by atoms with Crippen LogP contribution < -0.4 is 4.90 Å². The number of benzene rings is 3. The normalized spacial score (nSPS) is 12.9. The molecule has 0 atom stereocenters. The van der Waals surface area contributed by atoms with E-state index in [1.807, 2.05) is 53.4 Å². The fourth-order valence-corrected chi connectivity index (χ4v) is 5.33. The number of anilines is 2. The standard InChI is InChI=1S/C28H24N4O2S/c1-17-18(2)29-23-14-13-21(15-22(17)23)27-30-31-28(34-27)35-16-26(33)32-24-9-5-3-7-19(24)11-12-20-8-4-6-10-25(20)32/h3-10,13-15,29H,11-12,16H2,1-2H3. The summed E-state index contributed by atoms with van der Waals surface area (Å²) in [5, 5.41) is 9.95. The van der Waals surface area contributed by atoms with Gasteiger partial charge in [-0.25, -0.2) is 0 Å². The number of fused-ring (bicyclic) bond motifs is 3. The maximum Gasteiger partial charge on any atom is 0.277 e. The van der Waals surface area contributed by atoms with Gasteiger partial charge in [0.25, 0.3) is 5.22 Å². The molecule has 3 heterocycles. The predicted octanol–water partition coefficient (Wildman–Crippen LogP) is 6.39. The van der Waals surface area contributed by atoms with Gasteiger partial charge in [0.1, 0.15) is 0 Å². The first kappa shape index (κ1) is 21.7. The van der Waals surface area contributed by atoms with Gasteiger partial charge < -0.3 is 9.40 Å². The molecule has 1 N–H and O–H groups in total. The fourth-order valence-electron chi connectivity index (χ4n) is 4.72. The molecule has 0 fully saturated rings. The molecule has 0 radical (unpaired) electrons. The van der Waals surface area contributed by atoms with Crippen molar-refractivity contribution in [2.24, 2.45) is 0 Å². The van der Waals surface area contributed by atoms with Crippen molar-refractivity contribution < 1.29 is 9.21 Å². The minimum Gasteiger partial charge on any atom is -0.411 e. The highest BCUT2D eigenvalue weighted by Crippen LogP contribution is 2.37. The molecule has 0 saturated carbocycles. The van der Waals surface area contributed by atoms with Crippen LogP contribution in [0.4, 0.5) is 11.4 Å². The summed E-state index contributed by atoms with van der Waals surface area (Å²) < 4.78 is 5.93. The van der Waals surface area contributed by atoms with Gasteiger partial charge >= 0.3 is 0 Å². The minimum atomic E-state index is -0.0172. The summed E-state index contributed by atoms with van der Waals surface area (Å²) in [6.07, 6.45) is 1.81. The zero-order valence-electron chi connectivity index (χ0n) is 19.5. The monoisotopic (exact) mass is 480 g/mol. The average molecular weight is 481 g/mol. The summed E-state index contributed by atoms with van der Waals surface area (Å²) in [4.78, 5) is 18.7. The molecule has 0 aliphatic carbocycles. The largest absolute Gasteiger partial charge is 0.411 e. The molecule has 6 nitrogen and oxygen atoms in total. The highest BCUT2D eigenvalue weighted by Gasteiger charge is 2.26. The topological polar surface area (TPSA) is 75.0 Å². The van der Waals surface area contributed by atoms with Crippen LogP contribution in [-0.2, 0) is 17.6 Å². The molecule has 0 bridgehead atoms. The Morgan fingerprint density at radius 1 is 0.971 bits per heavy atom. The molecule has 1 aliphatic rings. The van der Waals surface area contributed by atoms with Crippen molar-refractivity contribution in [3.8, 4) is 11.5 Å². The lowest BCUT2D eigenvalue weighted by molar-refractivity contribution is -0.115. The number of para-hydroxylation sites is 2. The Balaban J connectivity index is 1.25. The SMILES string of the molecule is Cc1[nH]c2ccc(-c3nnc(SCC(=O)N4c5ccccc5CCc5ccccc54)o3)cc2c1C. The number of H-pyrrole nitrogens is 1. The van der Waals surface area contributed by atoms with Crippen LogP contribution in [0.3, 0.4) is 0 Å². The second kappa shape index (κ2) is 8.74. The first-order chi connectivity index (χ1) is 17.1. The van der Waals surface area contributed by atoms with Gasteiger partial charge in [0, 0.05) is 22.2 Å². The number of aryl methyl sites for hydroxylation is 4. The number of carbonyl (C=O) groups excluding carboxylic acids is 1. The van der Waals surface area contributed by atoms with Crippen LogP contribution in [0, 0.1) is 13.8 Å². The molecule has 7 heteroatoms. The lowest BCUT2D eigenvalue weighted by Gasteiger charge is -2.24. The van der Waals surface area contributed by atoms with Gasteiger partial charge in [-0.2, -0.15) is 0 Å². The highest BCUT2D eigenvalue weighted by atomic mass is 32.2. The van der Waals surface area contributed by atoms with E-state index < -0.39 is 0 Å². The van der Waals surface area contributed by atoms with Gasteiger partial charge in [-0.3, -0.25) is 9.69 Å². The zero-order chi connectivity index (χ0) is 23.9. The molecule has 1 amide bonds. The molecule has 0 unspecified atom stereocenters. The number of nitrogens with one attached hydrogen (secondary N) is 1. The molecule has 0 saturated heterocycles. The highest BCUT2D eigenvalue weighted by molar-refractivity contribution is 7.99. The second-order valence-electron chi connectivity index (χ2n) is 8.78. The third-order valence-electron chi connectivity index (χ3n) is 6.66. The summed E-state index contributed by atoms with van der Waals surface area (Å²) in [5.74, 6) is 0.626. The summed E-state index contributed by atoms with van der Waals surface area (Å²) in [6.45, 7) is 4.16. The van der Waals surface area contributed by atoms with Crippen LogP contribution >= 0.6 is 11.8 Å². The van der Waals surface area contributed by atoms with Crippen molar-refractivity contribution in [2.75, 3.05) is 10.7 Å². The van der Waals surface area contributed by atoms with E-state index in [1.54, 1.807) is 0 Å². The molecule has 6 rings (SSSR count). The smallest absolute Gasteiger partial charge is 0.277 e. The van der Waals surface area contributed by atoms with Crippen LogP contribution in [0.25, 0.3) is 22.4 Å². The Bertz CT molecular complexity index is 1520. The van der Waals surface area contributed by atoms with E-state index in [0.29, 0.717) is 11.1 Å². The maximum atomic E-state index is 13.5. The Morgan fingerprint density at radius 2 is 1.66 bits per heavy atom. The third-order valence-corrected chi connectivity index (χ3v) is 7.46. The number of thioether (sulfide) groups is 1. The Labute approximate surface area is 207 Å². The van der Waals surface area contributed by atoms with Gasteiger partial charge in [-0.05, 0) is 73.7 Å². The lowest BCUT2D eigenvalue weighted by Crippen LogP contribution is -2.28. The van der Waals surface area contributed by atoms with Gasteiger partial charge in [-0.15, -0.1) is 10.2 Å². The van der Waals surface area contributed by atoms with Crippen LogP contribution in [0.15, 0.2) is 76.4 Å². The number of aromatic nitrogens is 3. The molecular weight excluding hydrogens is 456 g/mol. The molecule has 0 spiro atoms. The third kappa shape index (κ3) is 3.91. The quantitative estimate of drug-likeness (QED) is 0.302. The number of aromatic amines is 1. The number of hydrogen-bond donors (Lipinski definition) is 1. The van der Waals surface area contributed by atoms with E-state index in [4.69, 9.17) is 4.42 Å². The predicted molar refractivity (Wildman–Crippen MR) is 139 cm³/mol. The summed E-state index contributed by atoms with van der Waals surface area (Å²) in [7, 11) is 0. The number of hydrogen-bond acceptors (Lipinski definition) is 5. The van der Waals surface area contributed by atoms with Crippen molar-refractivity contribution >= 4 is 39.9 Å². The van der Waals surface area contributed by atoms with Crippen molar-refractivity contribution in [3.05, 3.63) is 89.1 Å². The van der Waals surface area contributed by atoms with E-state index in [9.17, 15) is 4.79 Å². The first-order valence-corrected chi connectivity index (χ1v) is 12.6.